The fourth-order valence-electron chi connectivity index (χ4n) is 3.70. The molecule has 3 heterocycles. The molecule has 0 atom stereocenters. The van der Waals surface area contributed by atoms with Crippen LogP contribution in [0.2, 0.25) is 0 Å². The van der Waals surface area contributed by atoms with Gasteiger partial charge in [0.25, 0.3) is 0 Å². The van der Waals surface area contributed by atoms with Crippen LogP contribution in [0.15, 0.2) is 77.6 Å². The lowest BCUT2D eigenvalue weighted by Gasteiger charge is -2.11. The highest BCUT2D eigenvalue weighted by Crippen LogP contribution is 2.26. The van der Waals surface area contributed by atoms with Crippen LogP contribution in [0.4, 0.5) is 22.1 Å². The number of anilines is 3. The molecule has 0 aliphatic carbocycles. The zero-order chi connectivity index (χ0) is 26.6. The van der Waals surface area contributed by atoms with Gasteiger partial charge in [-0.3, -0.25) is 10.1 Å². The van der Waals surface area contributed by atoms with Crippen molar-refractivity contribution in [2.75, 3.05) is 16.0 Å². The van der Waals surface area contributed by atoms with Crippen LogP contribution < -0.4 is 20.7 Å². The SMILES string of the molecule is CC(=O)Nc1cc(Oc2ccc(NC(=O)Nc3cc(C(C)C)nn3-c3ccc4oncc4c3)cc2)ccn1. The Labute approximate surface area is 217 Å². The van der Waals surface area contributed by atoms with Crippen molar-refractivity contribution in [3.05, 3.63) is 78.8 Å². The number of hydrogen-bond donors (Lipinski definition) is 3. The van der Waals surface area contributed by atoms with Gasteiger partial charge in [0, 0.05) is 36.3 Å². The van der Waals surface area contributed by atoms with Crippen LogP contribution in [-0.4, -0.2) is 31.9 Å². The summed E-state index contributed by atoms with van der Waals surface area (Å²) in [6.45, 7) is 5.48. The van der Waals surface area contributed by atoms with Gasteiger partial charge < -0.3 is 19.9 Å². The highest BCUT2D eigenvalue weighted by atomic mass is 16.5. The van der Waals surface area contributed by atoms with Gasteiger partial charge in [-0.15, -0.1) is 0 Å². The minimum atomic E-state index is -0.421. The standard InChI is InChI=1S/C27H25N7O4/c1-16(2)23-14-26(34(33-23)20-6-9-24-18(12-20)15-29-38-24)32-27(36)31-19-4-7-21(8-5-19)37-22-10-11-28-25(13-22)30-17(3)35/h4-16H,1-3H3,(H,28,30,35)(H2,31,32,36). The molecule has 11 nitrogen and oxygen atoms in total. The molecule has 0 radical (unpaired) electrons. The Morgan fingerprint density at radius 2 is 1.76 bits per heavy atom. The largest absolute Gasteiger partial charge is 0.457 e. The zero-order valence-corrected chi connectivity index (χ0v) is 20.9. The van der Waals surface area contributed by atoms with Crippen LogP contribution in [0.25, 0.3) is 16.7 Å². The van der Waals surface area contributed by atoms with E-state index in [0.29, 0.717) is 34.4 Å². The Morgan fingerprint density at radius 3 is 2.53 bits per heavy atom. The summed E-state index contributed by atoms with van der Waals surface area (Å²) >= 11 is 0. The molecule has 0 aliphatic rings. The number of aromatic nitrogens is 4. The molecule has 0 spiro atoms. The molecule has 0 fully saturated rings. The van der Waals surface area contributed by atoms with Crippen molar-refractivity contribution in [1.82, 2.24) is 19.9 Å². The van der Waals surface area contributed by atoms with Crippen LogP contribution in [0, 0.1) is 0 Å². The van der Waals surface area contributed by atoms with Gasteiger partial charge in [0.2, 0.25) is 5.91 Å². The molecule has 5 aromatic rings. The normalized spacial score (nSPS) is 10.9. The van der Waals surface area contributed by atoms with E-state index >= 15 is 0 Å². The molecule has 192 valence electrons. The van der Waals surface area contributed by atoms with E-state index in [4.69, 9.17) is 9.26 Å². The number of urea groups is 1. The van der Waals surface area contributed by atoms with Gasteiger partial charge in [0.15, 0.2) is 5.58 Å². The van der Waals surface area contributed by atoms with E-state index in [0.717, 1.165) is 16.8 Å². The minimum absolute atomic E-state index is 0.168. The molecule has 0 aliphatic heterocycles. The molecule has 3 amide bonds. The second-order valence-corrected chi connectivity index (χ2v) is 8.83. The van der Waals surface area contributed by atoms with Crippen molar-refractivity contribution < 1.29 is 18.8 Å². The summed E-state index contributed by atoms with van der Waals surface area (Å²) in [7, 11) is 0. The van der Waals surface area contributed by atoms with Gasteiger partial charge >= 0.3 is 6.03 Å². The zero-order valence-electron chi connectivity index (χ0n) is 20.9. The van der Waals surface area contributed by atoms with Crippen molar-refractivity contribution in [2.45, 2.75) is 26.7 Å². The number of carbonyl (C=O) groups is 2. The monoisotopic (exact) mass is 511 g/mol. The summed E-state index contributed by atoms with van der Waals surface area (Å²) in [4.78, 5) is 28.2. The topological polar surface area (TPSA) is 136 Å². The first-order valence-corrected chi connectivity index (χ1v) is 11.9. The van der Waals surface area contributed by atoms with E-state index < -0.39 is 6.03 Å². The van der Waals surface area contributed by atoms with Crippen LogP contribution in [0.5, 0.6) is 11.5 Å². The summed E-state index contributed by atoms with van der Waals surface area (Å²) < 4.78 is 12.7. The lowest BCUT2D eigenvalue weighted by molar-refractivity contribution is -0.114. The van der Waals surface area contributed by atoms with Gasteiger partial charge in [-0.25, -0.2) is 14.5 Å². The molecule has 3 aromatic heterocycles. The smallest absolute Gasteiger partial charge is 0.324 e. The Kier molecular flexibility index (Phi) is 6.72. The Hall–Kier alpha value is -5.19. The molecular weight excluding hydrogens is 486 g/mol. The van der Waals surface area contributed by atoms with Gasteiger partial charge in [-0.05, 0) is 54.4 Å². The maximum absolute atomic E-state index is 12.9. The number of amides is 3. The van der Waals surface area contributed by atoms with E-state index in [1.54, 1.807) is 53.5 Å². The van der Waals surface area contributed by atoms with E-state index in [1.165, 1.54) is 6.92 Å². The lowest BCUT2D eigenvalue weighted by Crippen LogP contribution is -2.21. The summed E-state index contributed by atoms with van der Waals surface area (Å²) in [5.41, 5.74) is 2.85. The second kappa shape index (κ2) is 10.4. The molecular formula is C27H25N7O4. The van der Waals surface area contributed by atoms with Gasteiger partial charge in [0.05, 0.1) is 17.6 Å². The highest BCUT2D eigenvalue weighted by molar-refractivity contribution is 5.99. The van der Waals surface area contributed by atoms with E-state index in [-0.39, 0.29) is 11.8 Å². The quantitative estimate of drug-likeness (QED) is 0.246. The van der Waals surface area contributed by atoms with Crippen molar-refractivity contribution in [3.8, 4) is 17.2 Å². The van der Waals surface area contributed by atoms with Gasteiger partial charge in [-0.2, -0.15) is 5.10 Å². The Balaban J connectivity index is 1.28. The van der Waals surface area contributed by atoms with Crippen LogP contribution in [-0.2, 0) is 4.79 Å². The summed E-state index contributed by atoms with van der Waals surface area (Å²) in [5, 5.41) is 17.7. The summed E-state index contributed by atoms with van der Waals surface area (Å²) in [5.74, 6) is 1.94. The minimum Gasteiger partial charge on any atom is -0.457 e. The van der Waals surface area contributed by atoms with E-state index in [2.05, 4.69) is 31.2 Å². The van der Waals surface area contributed by atoms with E-state index in [1.807, 2.05) is 38.1 Å². The van der Waals surface area contributed by atoms with Crippen LogP contribution in [0.3, 0.4) is 0 Å². The fourth-order valence-corrected chi connectivity index (χ4v) is 3.70. The molecule has 0 bridgehead atoms. The van der Waals surface area contributed by atoms with Gasteiger partial charge in [0.1, 0.15) is 23.1 Å². The molecule has 38 heavy (non-hydrogen) atoms. The van der Waals surface area contributed by atoms with Crippen molar-refractivity contribution >= 4 is 40.2 Å². The van der Waals surface area contributed by atoms with E-state index in [9.17, 15) is 9.59 Å². The maximum Gasteiger partial charge on any atom is 0.324 e. The third kappa shape index (κ3) is 5.62. The Morgan fingerprint density at radius 1 is 0.947 bits per heavy atom. The maximum atomic E-state index is 12.9. The number of fused-ring (bicyclic) bond motifs is 1. The molecule has 0 unspecified atom stereocenters. The molecule has 0 saturated carbocycles. The number of nitrogens with zero attached hydrogens (tertiary/aromatic N) is 4. The number of benzene rings is 2. The molecule has 3 N–H and O–H groups in total. The second-order valence-electron chi connectivity index (χ2n) is 8.83. The first-order valence-electron chi connectivity index (χ1n) is 11.9. The number of carbonyl (C=O) groups excluding carboxylic acids is 2. The average Bonchev–Trinajstić information content (AvgIpc) is 3.52. The average molecular weight is 512 g/mol. The predicted molar refractivity (Wildman–Crippen MR) is 143 cm³/mol. The van der Waals surface area contributed by atoms with Crippen molar-refractivity contribution in [1.29, 1.82) is 0 Å². The lowest BCUT2D eigenvalue weighted by atomic mass is 10.1. The van der Waals surface area contributed by atoms with Crippen LogP contribution in [0.1, 0.15) is 32.4 Å². The molecule has 0 saturated heterocycles. The fraction of sp³-hybridized carbons (Fsp3) is 0.148. The van der Waals surface area contributed by atoms with Crippen LogP contribution >= 0.6 is 0 Å². The van der Waals surface area contributed by atoms with Crippen molar-refractivity contribution in [3.63, 3.8) is 0 Å². The number of pyridine rings is 1. The highest BCUT2D eigenvalue weighted by Gasteiger charge is 2.15. The number of rotatable bonds is 7. The third-order valence-electron chi connectivity index (χ3n) is 5.53. The molecule has 5 rings (SSSR count). The van der Waals surface area contributed by atoms with Gasteiger partial charge in [-0.1, -0.05) is 19.0 Å². The first-order chi connectivity index (χ1) is 18.3. The number of hydrogen-bond acceptors (Lipinski definition) is 7. The molecule has 2 aromatic carbocycles. The number of ether oxygens (including phenoxy) is 1. The molecule has 11 heteroatoms. The number of nitrogens with one attached hydrogen (secondary N) is 3. The first kappa shape index (κ1) is 24.5. The Bertz CT molecular complexity index is 1610. The predicted octanol–water partition coefficient (Wildman–Crippen LogP) is 5.93. The third-order valence-corrected chi connectivity index (χ3v) is 5.53. The van der Waals surface area contributed by atoms with Crippen molar-refractivity contribution in [2.24, 2.45) is 0 Å². The summed E-state index contributed by atoms with van der Waals surface area (Å²) in [6, 6.07) is 17.2. The summed E-state index contributed by atoms with van der Waals surface area (Å²) in [6.07, 6.45) is 3.18.